The van der Waals surface area contributed by atoms with Crippen molar-refractivity contribution in [3.63, 3.8) is 0 Å². The number of sulfonamides is 1. The third kappa shape index (κ3) is 2.22. The predicted molar refractivity (Wildman–Crippen MR) is 73.5 cm³/mol. The van der Waals surface area contributed by atoms with Crippen LogP contribution in [0.2, 0.25) is 0 Å². The molecule has 3 heterocycles. The van der Waals surface area contributed by atoms with Crippen LogP contribution >= 0.6 is 27.3 Å². The van der Waals surface area contributed by atoms with Crippen LogP contribution < -0.4 is 0 Å². The molecule has 20 heavy (non-hydrogen) atoms. The van der Waals surface area contributed by atoms with E-state index in [9.17, 15) is 18.0 Å². The van der Waals surface area contributed by atoms with Crippen molar-refractivity contribution in [3.8, 4) is 0 Å². The average Bonchev–Trinajstić information content (AvgIpc) is 2.95. The molecule has 108 valence electrons. The van der Waals surface area contributed by atoms with Gasteiger partial charge in [0, 0.05) is 13.1 Å². The number of hydrogen-bond acceptors (Lipinski definition) is 6. The van der Waals surface area contributed by atoms with Gasteiger partial charge in [-0.15, -0.1) is 11.3 Å². The van der Waals surface area contributed by atoms with Gasteiger partial charge in [-0.3, -0.25) is 9.59 Å². The molecule has 0 bridgehead atoms. The third-order valence-corrected chi connectivity index (χ3v) is 7.48. The lowest BCUT2D eigenvalue weighted by Gasteiger charge is -2.30. The average molecular weight is 380 g/mol. The number of carbonyl (C=O) groups excluding carboxylic acids is 2. The molecule has 0 N–H and O–H groups in total. The van der Waals surface area contributed by atoms with E-state index in [0.717, 1.165) is 15.1 Å². The van der Waals surface area contributed by atoms with Crippen molar-refractivity contribution in [2.75, 3.05) is 13.1 Å². The summed E-state index contributed by atoms with van der Waals surface area (Å²) in [6.45, 7) is 0.231. The number of cyclic esters (lactones) is 2. The van der Waals surface area contributed by atoms with Crippen molar-refractivity contribution in [1.29, 1.82) is 0 Å². The molecule has 0 saturated carbocycles. The van der Waals surface area contributed by atoms with Crippen LogP contribution in [0.1, 0.15) is 6.42 Å². The van der Waals surface area contributed by atoms with Gasteiger partial charge in [-0.25, -0.2) is 8.42 Å². The second-order valence-electron chi connectivity index (χ2n) is 4.66. The van der Waals surface area contributed by atoms with Crippen LogP contribution in [0.3, 0.4) is 0 Å². The van der Waals surface area contributed by atoms with E-state index < -0.39 is 33.8 Å². The zero-order valence-electron chi connectivity index (χ0n) is 10.1. The molecule has 6 nitrogen and oxygen atoms in total. The van der Waals surface area contributed by atoms with Crippen molar-refractivity contribution in [1.82, 2.24) is 4.31 Å². The zero-order valence-corrected chi connectivity index (χ0v) is 13.3. The largest absolute Gasteiger partial charge is 0.393 e. The Bertz CT molecular complexity index is 683. The maximum atomic E-state index is 12.5. The summed E-state index contributed by atoms with van der Waals surface area (Å²) in [5.74, 6) is -2.32. The molecule has 1 aromatic heterocycles. The van der Waals surface area contributed by atoms with Crippen LogP contribution in [0.5, 0.6) is 0 Å². The number of halogens is 1. The molecule has 0 radical (unpaired) electrons. The van der Waals surface area contributed by atoms with Gasteiger partial charge in [-0.2, -0.15) is 4.31 Å². The third-order valence-electron chi connectivity index (χ3n) is 3.52. The van der Waals surface area contributed by atoms with Crippen molar-refractivity contribution in [3.05, 3.63) is 15.9 Å². The fourth-order valence-corrected chi connectivity index (χ4v) is 6.12. The van der Waals surface area contributed by atoms with Gasteiger partial charge in [0.25, 0.3) is 10.0 Å². The Labute approximate surface area is 127 Å². The minimum atomic E-state index is -3.62. The first-order valence-corrected chi connectivity index (χ1v) is 8.95. The van der Waals surface area contributed by atoms with Crippen molar-refractivity contribution >= 4 is 49.2 Å². The molecule has 9 heteroatoms. The summed E-state index contributed by atoms with van der Waals surface area (Å²) in [5.41, 5.74) is 0. The van der Waals surface area contributed by atoms with E-state index in [1.807, 2.05) is 0 Å². The number of thiophene rings is 1. The molecule has 2 saturated heterocycles. The Morgan fingerprint density at radius 2 is 1.95 bits per heavy atom. The van der Waals surface area contributed by atoms with Gasteiger partial charge in [0.2, 0.25) is 0 Å². The smallest absolute Gasteiger partial charge is 0.318 e. The van der Waals surface area contributed by atoms with Crippen LogP contribution in [0.25, 0.3) is 0 Å². The monoisotopic (exact) mass is 379 g/mol. The van der Waals surface area contributed by atoms with E-state index in [0.29, 0.717) is 6.42 Å². The Morgan fingerprint density at radius 3 is 2.60 bits per heavy atom. The fourth-order valence-electron chi connectivity index (χ4n) is 2.48. The standard InChI is InChI=1S/C11H10BrNO5S2/c12-8-1-2-9(19-8)20(16,17)13-4-3-6-7(5-13)11(15)18-10(6)14/h1-2,6-7H,3-5H2. The highest BCUT2D eigenvalue weighted by Gasteiger charge is 2.49. The first-order chi connectivity index (χ1) is 9.39. The summed E-state index contributed by atoms with van der Waals surface area (Å²) >= 11 is 4.35. The summed E-state index contributed by atoms with van der Waals surface area (Å²) < 4.78 is 31.7. The summed E-state index contributed by atoms with van der Waals surface area (Å²) in [6.07, 6.45) is 0.320. The lowest BCUT2D eigenvalue weighted by Crippen LogP contribution is -2.44. The minimum absolute atomic E-state index is 0.00704. The van der Waals surface area contributed by atoms with Gasteiger partial charge in [0.15, 0.2) is 0 Å². The molecule has 3 rings (SSSR count). The normalized spacial score (nSPS) is 27.4. The highest BCUT2D eigenvalue weighted by atomic mass is 79.9. The van der Waals surface area contributed by atoms with E-state index >= 15 is 0 Å². The lowest BCUT2D eigenvalue weighted by atomic mass is 9.89. The highest BCUT2D eigenvalue weighted by molar-refractivity contribution is 9.11. The molecule has 1 aromatic rings. The summed E-state index contributed by atoms with van der Waals surface area (Å²) in [6, 6.07) is 3.19. The van der Waals surface area contributed by atoms with Gasteiger partial charge in [0.1, 0.15) is 4.21 Å². The SMILES string of the molecule is O=C1OC(=O)C2CN(S(=O)(=O)c3ccc(Br)s3)CCC12. The number of rotatable bonds is 2. The van der Waals surface area contributed by atoms with Gasteiger partial charge in [-0.1, -0.05) is 0 Å². The van der Waals surface area contributed by atoms with Gasteiger partial charge in [0.05, 0.1) is 15.6 Å². The van der Waals surface area contributed by atoms with Crippen LogP contribution in [-0.2, 0) is 24.3 Å². The number of nitrogens with zero attached hydrogens (tertiary/aromatic N) is 1. The quantitative estimate of drug-likeness (QED) is 0.569. The molecular formula is C11H10BrNO5S2. The molecule has 2 aliphatic heterocycles. The second kappa shape index (κ2) is 4.90. The highest BCUT2D eigenvalue weighted by Crippen LogP contribution is 2.35. The number of carbonyl (C=O) groups is 2. The molecule has 0 aromatic carbocycles. The molecular weight excluding hydrogens is 370 g/mol. The van der Waals surface area contributed by atoms with E-state index in [4.69, 9.17) is 0 Å². The number of ether oxygens (including phenoxy) is 1. The molecule has 2 aliphatic rings. The lowest BCUT2D eigenvalue weighted by molar-refractivity contribution is -0.153. The Morgan fingerprint density at radius 1 is 1.25 bits per heavy atom. The number of hydrogen-bond donors (Lipinski definition) is 0. The van der Waals surface area contributed by atoms with Gasteiger partial charge >= 0.3 is 11.9 Å². The second-order valence-corrected chi connectivity index (χ2v) is 9.29. The predicted octanol–water partition coefficient (Wildman–Crippen LogP) is 1.22. The molecule has 2 atom stereocenters. The van der Waals surface area contributed by atoms with E-state index in [-0.39, 0.29) is 17.3 Å². The Hall–Kier alpha value is -0.770. The van der Waals surface area contributed by atoms with Crippen LogP contribution in [0, 0.1) is 11.8 Å². The van der Waals surface area contributed by atoms with Gasteiger partial charge in [-0.05, 0) is 34.5 Å². The first-order valence-electron chi connectivity index (χ1n) is 5.90. The number of esters is 2. The Balaban J connectivity index is 1.86. The maximum Gasteiger partial charge on any atom is 0.318 e. The molecule has 0 aliphatic carbocycles. The molecule has 2 fully saturated rings. The van der Waals surface area contributed by atoms with Crippen LogP contribution in [0.4, 0.5) is 0 Å². The van der Waals surface area contributed by atoms with Crippen molar-refractivity contribution < 1.29 is 22.7 Å². The summed E-state index contributed by atoms with van der Waals surface area (Å²) in [5, 5.41) is 0. The maximum absolute atomic E-state index is 12.5. The zero-order chi connectivity index (χ0) is 14.5. The Kier molecular flexibility index (Phi) is 3.47. The fraction of sp³-hybridized carbons (Fsp3) is 0.455. The number of piperidine rings is 1. The van der Waals surface area contributed by atoms with Crippen molar-refractivity contribution in [2.24, 2.45) is 11.8 Å². The first kappa shape index (κ1) is 14.2. The topological polar surface area (TPSA) is 80.8 Å². The van der Waals surface area contributed by atoms with Gasteiger partial charge < -0.3 is 4.74 Å². The van der Waals surface area contributed by atoms with E-state index in [1.54, 1.807) is 6.07 Å². The summed E-state index contributed by atoms with van der Waals surface area (Å²) in [7, 11) is -3.62. The minimum Gasteiger partial charge on any atom is -0.393 e. The summed E-state index contributed by atoms with van der Waals surface area (Å²) in [4.78, 5) is 23.0. The van der Waals surface area contributed by atoms with Crippen molar-refractivity contribution in [2.45, 2.75) is 10.6 Å². The number of fused-ring (bicyclic) bond motifs is 1. The van der Waals surface area contributed by atoms with Crippen LogP contribution in [-0.4, -0.2) is 37.8 Å². The van der Waals surface area contributed by atoms with E-state index in [1.165, 1.54) is 10.4 Å². The van der Waals surface area contributed by atoms with Crippen LogP contribution in [0.15, 0.2) is 20.1 Å². The molecule has 2 unspecified atom stereocenters. The molecule has 0 amide bonds. The molecule has 0 spiro atoms. The van der Waals surface area contributed by atoms with E-state index in [2.05, 4.69) is 20.7 Å².